The zero-order chi connectivity index (χ0) is 17.4. The largest absolute Gasteiger partial charge is 0.492 e. The van der Waals surface area contributed by atoms with Crippen molar-refractivity contribution in [1.82, 2.24) is 14.9 Å². The van der Waals surface area contributed by atoms with E-state index in [0.29, 0.717) is 45.2 Å². The molecule has 8 heteroatoms. The third kappa shape index (κ3) is 5.68. The molecule has 1 aromatic rings. The van der Waals surface area contributed by atoms with Crippen LogP contribution in [-0.2, 0) is 10.0 Å². The van der Waals surface area contributed by atoms with E-state index in [4.69, 9.17) is 4.74 Å². The summed E-state index contributed by atoms with van der Waals surface area (Å²) in [7, 11) is -1.35. The summed E-state index contributed by atoms with van der Waals surface area (Å²) in [5.74, 6) is 1.74. The topological polar surface area (TPSA) is 83.0 Å². The summed E-state index contributed by atoms with van der Waals surface area (Å²) in [6, 6.07) is 7.91. The van der Waals surface area contributed by atoms with Crippen molar-refractivity contribution in [3.63, 3.8) is 0 Å². The highest BCUT2D eigenvalue weighted by Gasteiger charge is 2.27. The summed E-state index contributed by atoms with van der Waals surface area (Å²) >= 11 is 0. The van der Waals surface area contributed by atoms with Crippen molar-refractivity contribution in [3.05, 3.63) is 29.8 Å². The van der Waals surface area contributed by atoms with Crippen molar-refractivity contribution in [2.75, 3.05) is 45.6 Å². The molecule has 134 valence electrons. The first kappa shape index (κ1) is 18.5. The Balaban J connectivity index is 1.63. The Morgan fingerprint density at radius 3 is 2.58 bits per heavy atom. The van der Waals surface area contributed by atoms with Crippen LogP contribution < -0.4 is 15.4 Å². The van der Waals surface area contributed by atoms with Gasteiger partial charge in [0.1, 0.15) is 12.4 Å². The maximum Gasteiger partial charge on any atom is 0.214 e. The van der Waals surface area contributed by atoms with E-state index in [1.807, 2.05) is 31.2 Å². The van der Waals surface area contributed by atoms with Gasteiger partial charge < -0.3 is 15.4 Å². The highest BCUT2D eigenvalue weighted by molar-refractivity contribution is 7.89. The summed E-state index contributed by atoms with van der Waals surface area (Å²) < 4.78 is 30.6. The minimum Gasteiger partial charge on any atom is -0.492 e. The first-order valence-electron chi connectivity index (χ1n) is 8.13. The van der Waals surface area contributed by atoms with Gasteiger partial charge in [-0.05, 0) is 25.5 Å². The molecule has 0 amide bonds. The zero-order valence-electron chi connectivity index (χ0n) is 14.3. The van der Waals surface area contributed by atoms with Gasteiger partial charge in [0.25, 0.3) is 0 Å². The van der Waals surface area contributed by atoms with Gasteiger partial charge in [0.2, 0.25) is 10.0 Å². The van der Waals surface area contributed by atoms with E-state index in [0.717, 1.165) is 5.75 Å². The predicted molar refractivity (Wildman–Crippen MR) is 96.0 cm³/mol. The Morgan fingerprint density at radius 1 is 1.25 bits per heavy atom. The number of aliphatic imine (C=N–C) groups is 1. The number of nitrogens with zero attached hydrogens (tertiary/aromatic N) is 2. The lowest BCUT2D eigenvalue weighted by Crippen LogP contribution is -2.43. The molecule has 0 aromatic heterocycles. The van der Waals surface area contributed by atoms with Crippen LogP contribution in [0.4, 0.5) is 0 Å². The third-order valence-electron chi connectivity index (χ3n) is 3.76. The third-order valence-corrected chi connectivity index (χ3v) is 5.72. The average Bonchev–Trinajstić information content (AvgIpc) is 2.90. The van der Waals surface area contributed by atoms with Crippen LogP contribution in [-0.4, -0.2) is 64.3 Å². The van der Waals surface area contributed by atoms with Crippen LogP contribution in [0.5, 0.6) is 5.75 Å². The number of guanidine groups is 1. The number of hydrogen-bond acceptors (Lipinski definition) is 4. The van der Waals surface area contributed by atoms with Gasteiger partial charge in [-0.2, -0.15) is 0 Å². The molecule has 1 aromatic carbocycles. The van der Waals surface area contributed by atoms with Crippen molar-refractivity contribution < 1.29 is 13.2 Å². The SMILES string of the molecule is CN=C(NCCOc1ccc(C)cc1)NCCN1CCCS1(=O)=O. The Labute approximate surface area is 144 Å². The molecular formula is C16H26N4O3S. The van der Waals surface area contributed by atoms with Gasteiger partial charge in [0.15, 0.2) is 5.96 Å². The van der Waals surface area contributed by atoms with E-state index < -0.39 is 10.0 Å². The second-order valence-electron chi connectivity index (χ2n) is 5.66. The molecule has 1 heterocycles. The molecular weight excluding hydrogens is 328 g/mol. The molecule has 7 nitrogen and oxygen atoms in total. The van der Waals surface area contributed by atoms with Gasteiger partial charge in [0, 0.05) is 26.7 Å². The lowest BCUT2D eigenvalue weighted by atomic mass is 10.2. The Morgan fingerprint density at radius 2 is 1.96 bits per heavy atom. The molecule has 1 saturated heterocycles. The van der Waals surface area contributed by atoms with Crippen LogP contribution in [0.1, 0.15) is 12.0 Å². The monoisotopic (exact) mass is 354 g/mol. The van der Waals surface area contributed by atoms with Gasteiger partial charge >= 0.3 is 0 Å². The lowest BCUT2D eigenvalue weighted by Gasteiger charge is -2.16. The molecule has 0 spiro atoms. The van der Waals surface area contributed by atoms with Crippen molar-refractivity contribution >= 4 is 16.0 Å². The number of ether oxygens (including phenoxy) is 1. The zero-order valence-corrected chi connectivity index (χ0v) is 15.1. The molecule has 1 aliphatic heterocycles. The van der Waals surface area contributed by atoms with E-state index in [-0.39, 0.29) is 5.75 Å². The first-order chi connectivity index (χ1) is 11.5. The molecule has 0 atom stereocenters. The summed E-state index contributed by atoms with van der Waals surface area (Å²) in [4.78, 5) is 4.12. The fourth-order valence-corrected chi connectivity index (χ4v) is 3.96. The van der Waals surface area contributed by atoms with Crippen molar-refractivity contribution in [2.24, 2.45) is 4.99 Å². The predicted octanol–water partition coefficient (Wildman–Crippen LogP) is 0.574. The number of benzene rings is 1. The fourth-order valence-electron chi connectivity index (χ4n) is 2.43. The van der Waals surface area contributed by atoms with E-state index in [1.54, 1.807) is 7.05 Å². The lowest BCUT2D eigenvalue weighted by molar-refractivity contribution is 0.322. The molecule has 0 saturated carbocycles. The quantitative estimate of drug-likeness (QED) is 0.425. The maximum absolute atomic E-state index is 11.7. The Hall–Kier alpha value is -1.80. The van der Waals surface area contributed by atoms with Crippen LogP contribution >= 0.6 is 0 Å². The molecule has 2 N–H and O–H groups in total. The molecule has 0 aliphatic carbocycles. The molecule has 1 aliphatic rings. The number of aryl methyl sites for hydroxylation is 1. The minimum absolute atomic E-state index is 0.260. The average molecular weight is 354 g/mol. The second-order valence-corrected chi connectivity index (χ2v) is 7.74. The van der Waals surface area contributed by atoms with E-state index in [2.05, 4.69) is 15.6 Å². The standard InChI is InChI=1S/C16H26N4O3S/c1-14-4-6-15(7-5-14)23-12-9-19-16(17-2)18-8-11-20-10-3-13-24(20,21)22/h4-7H,3,8-13H2,1-2H3,(H2,17,18,19). The summed E-state index contributed by atoms with van der Waals surface area (Å²) in [5.41, 5.74) is 1.20. The van der Waals surface area contributed by atoms with Crippen molar-refractivity contribution in [2.45, 2.75) is 13.3 Å². The van der Waals surface area contributed by atoms with Crippen molar-refractivity contribution in [3.8, 4) is 5.75 Å². The van der Waals surface area contributed by atoms with Crippen LogP contribution in [0.3, 0.4) is 0 Å². The summed E-state index contributed by atoms with van der Waals surface area (Å²) in [6.45, 7) is 4.76. The smallest absolute Gasteiger partial charge is 0.214 e. The highest BCUT2D eigenvalue weighted by Crippen LogP contribution is 2.12. The van der Waals surface area contributed by atoms with Gasteiger partial charge in [-0.15, -0.1) is 0 Å². The van der Waals surface area contributed by atoms with Crippen LogP contribution in [0.2, 0.25) is 0 Å². The van der Waals surface area contributed by atoms with E-state index in [1.165, 1.54) is 9.87 Å². The molecule has 24 heavy (non-hydrogen) atoms. The van der Waals surface area contributed by atoms with Crippen LogP contribution in [0.25, 0.3) is 0 Å². The fraction of sp³-hybridized carbons (Fsp3) is 0.562. The maximum atomic E-state index is 11.7. The summed E-state index contributed by atoms with van der Waals surface area (Å²) in [5, 5.41) is 6.26. The van der Waals surface area contributed by atoms with Crippen molar-refractivity contribution in [1.29, 1.82) is 0 Å². The Bertz CT molecular complexity index is 644. The number of nitrogens with one attached hydrogen (secondary N) is 2. The van der Waals surface area contributed by atoms with Crippen LogP contribution in [0, 0.1) is 6.92 Å². The minimum atomic E-state index is -3.03. The molecule has 0 unspecified atom stereocenters. The summed E-state index contributed by atoms with van der Waals surface area (Å²) in [6.07, 6.45) is 0.714. The molecule has 0 radical (unpaired) electrons. The second kappa shape index (κ2) is 8.89. The number of sulfonamides is 1. The van der Waals surface area contributed by atoms with E-state index >= 15 is 0 Å². The van der Waals surface area contributed by atoms with Gasteiger partial charge in [0.05, 0.1) is 12.3 Å². The van der Waals surface area contributed by atoms with E-state index in [9.17, 15) is 8.42 Å². The van der Waals surface area contributed by atoms with Crippen LogP contribution in [0.15, 0.2) is 29.3 Å². The van der Waals surface area contributed by atoms with Gasteiger partial charge in [-0.1, -0.05) is 17.7 Å². The highest BCUT2D eigenvalue weighted by atomic mass is 32.2. The number of hydrogen-bond donors (Lipinski definition) is 2. The first-order valence-corrected chi connectivity index (χ1v) is 9.74. The molecule has 1 fully saturated rings. The molecule has 0 bridgehead atoms. The van der Waals surface area contributed by atoms with Gasteiger partial charge in [-0.3, -0.25) is 4.99 Å². The Kier molecular flexibility index (Phi) is 6.86. The molecule has 2 rings (SSSR count). The normalized spacial score (nSPS) is 17.7. The number of rotatable bonds is 7. The van der Waals surface area contributed by atoms with Gasteiger partial charge in [-0.25, -0.2) is 12.7 Å².